The number of aliphatic hydroxyl groups is 1. The second kappa shape index (κ2) is 8.03. The van der Waals surface area contributed by atoms with Gasteiger partial charge in [0, 0.05) is 9.75 Å². The first-order chi connectivity index (χ1) is 7.15. The maximum atomic E-state index is 11.1. The second-order valence-corrected chi connectivity index (χ2v) is 4.85. The van der Waals surface area contributed by atoms with Crippen LogP contribution < -0.4 is 34.7 Å². The van der Waals surface area contributed by atoms with Gasteiger partial charge >= 0.3 is 29.6 Å². The molecule has 0 radical (unpaired) electrons. The smallest absolute Gasteiger partial charge is 0.546 e. The number of carbonyl (C=O) groups is 1. The number of aliphatic carboxylic acids is 1. The number of carboxylic acid groups (broad SMARTS) is 1. The number of thiophene rings is 2. The van der Waals surface area contributed by atoms with E-state index in [2.05, 4.69) is 0 Å². The number of hydrogen-bond donors (Lipinski definition) is 1. The predicted molar refractivity (Wildman–Crippen MR) is 63.9 cm³/mol. The van der Waals surface area contributed by atoms with Crippen LogP contribution in [0.1, 0.15) is 9.75 Å². The van der Waals surface area contributed by atoms with Crippen molar-refractivity contribution >= 4 is 28.6 Å². The van der Waals surface area contributed by atoms with Crippen molar-refractivity contribution < 1.29 is 55.5 Å². The Bertz CT molecular complexity index is 420. The molecule has 2 aromatic heterocycles. The molecule has 0 aliphatic carbocycles. The molecule has 0 atom stereocenters. The first kappa shape index (κ1) is 20.1. The summed E-state index contributed by atoms with van der Waals surface area (Å²) in [7, 11) is 0. The molecule has 0 aliphatic heterocycles. The largest absolute Gasteiger partial charge is 1.00 e. The van der Waals surface area contributed by atoms with Gasteiger partial charge in [-0.15, -0.1) is 22.7 Å². The number of carboxylic acids is 1. The van der Waals surface area contributed by atoms with E-state index >= 15 is 0 Å². The summed E-state index contributed by atoms with van der Waals surface area (Å²) in [6.07, 6.45) is 0. The number of hydrogen-bond acceptors (Lipinski definition) is 5. The SMILES string of the molecule is O.O.O=C([O-])C(O)(c1cccs1)c1cccs1.[Na+]. The molecule has 5 nitrogen and oxygen atoms in total. The van der Waals surface area contributed by atoms with Gasteiger partial charge in [-0.1, -0.05) is 12.1 Å². The average Bonchev–Trinajstić information content (AvgIpc) is 2.89. The molecule has 94 valence electrons. The van der Waals surface area contributed by atoms with Gasteiger partial charge in [0.2, 0.25) is 0 Å². The minimum Gasteiger partial charge on any atom is -0.546 e. The predicted octanol–water partition coefficient (Wildman–Crippen LogP) is -3.85. The van der Waals surface area contributed by atoms with Crippen LogP contribution in [0, 0.1) is 0 Å². The zero-order valence-electron chi connectivity index (χ0n) is 9.54. The van der Waals surface area contributed by atoms with Crippen molar-refractivity contribution in [1.82, 2.24) is 0 Å². The number of rotatable bonds is 3. The van der Waals surface area contributed by atoms with Crippen LogP contribution >= 0.6 is 22.7 Å². The molecule has 0 spiro atoms. The van der Waals surface area contributed by atoms with Crippen molar-refractivity contribution in [2.24, 2.45) is 0 Å². The Kier molecular flexibility index (Phi) is 8.95. The van der Waals surface area contributed by atoms with E-state index in [1.54, 1.807) is 35.0 Å². The first-order valence-electron chi connectivity index (χ1n) is 4.17. The van der Waals surface area contributed by atoms with Crippen LogP contribution in [0.4, 0.5) is 0 Å². The quantitative estimate of drug-likeness (QED) is 0.583. The van der Waals surface area contributed by atoms with Crippen LogP contribution in [0.15, 0.2) is 35.0 Å². The van der Waals surface area contributed by atoms with Crippen molar-refractivity contribution in [3.63, 3.8) is 0 Å². The zero-order chi connectivity index (χ0) is 10.9. The van der Waals surface area contributed by atoms with E-state index in [0.29, 0.717) is 9.75 Å². The summed E-state index contributed by atoms with van der Waals surface area (Å²) in [5.41, 5.74) is -2.01. The van der Waals surface area contributed by atoms with E-state index in [0.717, 1.165) is 0 Å². The molecule has 2 aromatic rings. The third-order valence-corrected chi connectivity index (χ3v) is 4.01. The molecule has 0 amide bonds. The van der Waals surface area contributed by atoms with E-state index in [9.17, 15) is 15.0 Å². The van der Waals surface area contributed by atoms with Gasteiger partial charge in [0.05, 0.1) is 5.97 Å². The summed E-state index contributed by atoms with van der Waals surface area (Å²) in [5.74, 6) is -1.49. The Morgan fingerprint density at radius 3 is 1.72 bits per heavy atom. The summed E-state index contributed by atoms with van der Waals surface area (Å²) < 4.78 is 0. The average molecular weight is 298 g/mol. The third-order valence-electron chi connectivity index (χ3n) is 2.05. The van der Waals surface area contributed by atoms with E-state index < -0.39 is 11.6 Å². The minimum absolute atomic E-state index is 0. The molecular weight excluding hydrogens is 287 g/mol. The van der Waals surface area contributed by atoms with Gasteiger partial charge in [0.1, 0.15) is 0 Å². The van der Waals surface area contributed by atoms with Crippen molar-refractivity contribution in [2.45, 2.75) is 5.60 Å². The van der Waals surface area contributed by atoms with E-state index in [-0.39, 0.29) is 40.5 Å². The molecule has 5 N–H and O–H groups in total. The monoisotopic (exact) mass is 298 g/mol. The van der Waals surface area contributed by atoms with Crippen molar-refractivity contribution in [1.29, 1.82) is 0 Å². The van der Waals surface area contributed by atoms with Crippen LogP contribution in [-0.4, -0.2) is 22.0 Å². The molecule has 18 heavy (non-hydrogen) atoms. The molecule has 0 saturated carbocycles. The van der Waals surface area contributed by atoms with Gasteiger partial charge in [-0.05, 0) is 22.9 Å². The maximum Gasteiger partial charge on any atom is 1.00 e. The summed E-state index contributed by atoms with van der Waals surface area (Å²) in [5, 5.41) is 24.7. The van der Waals surface area contributed by atoms with Gasteiger partial charge in [0.25, 0.3) is 0 Å². The molecule has 0 fully saturated rings. The van der Waals surface area contributed by atoms with E-state index in [1.165, 1.54) is 22.7 Å². The molecule has 2 rings (SSSR count). The molecule has 2 heterocycles. The van der Waals surface area contributed by atoms with Gasteiger partial charge in [-0.25, -0.2) is 0 Å². The van der Waals surface area contributed by atoms with E-state index in [1.807, 2.05) is 0 Å². The van der Waals surface area contributed by atoms with Crippen LogP contribution in [0.25, 0.3) is 0 Å². The molecule has 0 bridgehead atoms. The molecule has 0 aromatic carbocycles. The van der Waals surface area contributed by atoms with Gasteiger partial charge in [-0.3, -0.25) is 0 Å². The Morgan fingerprint density at radius 2 is 1.50 bits per heavy atom. The Morgan fingerprint density at radius 1 is 1.11 bits per heavy atom. The second-order valence-electron chi connectivity index (χ2n) is 2.95. The van der Waals surface area contributed by atoms with Crippen LogP contribution in [0.5, 0.6) is 0 Å². The molecule has 8 heteroatoms. The maximum absolute atomic E-state index is 11.1. The van der Waals surface area contributed by atoms with Gasteiger partial charge in [0.15, 0.2) is 5.60 Å². The van der Waals surface area contributed by atoms with Crippen LogP contribution in [0.2, 0.25) is 0 Å². The summed E-state index contributed by atoms with van der Waals surface area (Å²) in [4.78, 5) is 11.8. The fraction of sp³-hybridized carbons (Fsp3) is 0.100. The van der Waals surface area contributed by atoms with Gasteiger partial charge in [-0.2, -0.15) is 0 Å². The summed E-state index contributed by atoms with van der Waals surface area (Å²) in [6.45, 7) is 0. The Hall–Kier alpha value is -0.250. The van der Waals surface area contributed by atoms with Crippen molar-refractivity contribution in [3.05, 3.63) is 44.8 Å². The first-order valence-corrected chi connectivity index (χ1v) is 5.93. The Balaban J connectivity index is 0. The molecular formula is C10H11NaO5S2. The normalized spacial score (nSPS) is 9.61. The third kappa shape index (κ3) is 3.40. The van der Waals surface area contributed by atoms with Crippen LogP contribution in [-0.2, 0) is 10.4 Å². The molecule has 0 aliphatic rings. The standard InChI is InChI=1S/C10H8O3S2.Na.2H2O/c11-9(12)10(13,7-3-1-5-14-7)8-4-2-6-15-8;;;/h1-6,13H,(H,11,12);;2*1H2/q;+1;;/p-1. The number of carbonyl (C=O) groups excluding carboxylic acids is 1. The summed E-state index contributed by atoms with van der Waals surface area (Å²) >= 11 is 2.38. The Labute approximate surface area is 134 Å². The topological polar surface area (TPSA) is 123 Å². The minimum atomic E-state index is -2.01. The van der Waals surface area contributed by atoms with Crippen molar-refractivity contribution in [3.8, 4) is 0 Å². The van der Waals surface area contributed by atoms with E-state index in [4.69, 9.17) is 0 Å². The fourth-order valence-corrected chi connectivity index (χ4v) is 3.01. The zero-order valence-corrected chi connectivity index (χ0v) is 13.2. The summed E-state index contributed by atoms with van der Waals surface area (Å²) in [6, 6.07) is 6.56. The van der Waals surface area contributed by atoms with Crippen LogP contribution in [0.3, 0.4) is 0 Å². The van der Waals surface area contributed by atoms with Crippen molar-refractivity contribution in [2.75, 3.05) is 0 Å². The molecule has 0 saturated heterocycles. The van der Waals surface area contributed by atoms with Gasteiger partial charge < -0.3 is 26.0 Å². The fourth-order valence-electron chi connectivity index (χ4n) is 1.29. The molecule has 0 unspecified atom stereocenters.